The summed E-state index contributed by atoms with van der Waals surface area (Å²) >= 11 is 0. The number of nitrogens with zero attached hydrogens (tertiary/aromatic N) is 1. The molecule has 0 radical (unpaired) electrons. The zero-order valence-electron chi connectivity index (χ0n) is 9.39. The van der Waals surface area contributed by atoms with Crippen molar-refractivity contribution in [1.82, 2.24) is 4.90 Å². The van der Waals surface area contributed by atoms with Crippen LogP contribution in [0.1, 0.15) is 6.92 Å². The molecule has 0 amide bonds. The Morgan fingerprint density at radius 1 is 1.38 bits per heavy atom. The van der Waals surface area contributed by atoms with Crippen LogP contribution in [0.3, 0.4) is 0 Å². The van der Waals surface area contributed by atoms with Crippen LogP contribution in [0.4, 0.5) is 0 Å². The van der Waals surface area contributed by atoms with Crippen LogP contribution in [0, 0.1) is 0 Å². The predicted octanol–water partition coefficient (Wildman–Crippen LogP) is -0.164. The lowest BCUT2D eigenvalue weighted by molar-refractivity contribution is -0.138. The Labute approximate surface area is 96.0 Å². The van der Waals surface area contributed by atoms with Crippen molar-refractivity contribution < 1.29 is 17.9 Å². The molecule has 1 aliphatic rings. The Morgan fingerprint density at radius 2 is 2.00 bits per heavy atom. The van der Waals surface area contributed by atoms with Gasteiger partial charge < -0.3 is 4.74 Å². The van der Waals surface area contributed by atoms with E-state index >= 15 is 0 Å². The summed E-state index contributed by atoms with van der Waals surface area (Å²) in [5.41, 5.74) is 0. The molecule has 0 aliphatic carbocycles. The Morgan fingerprint density at radius 3 is 2.56 bits per heavy atom. The fourth-order valence-corrected chi connectivity index (χ4v) is 2.71. The minimum atomic E-state index is -2.83. The van der Waals surface area contributed by atoms with Crippen LogP contribution in [0.5, 0.6) is 0 Å². The normalized spacial score (nSPS) is 21.1. The maximum absolute atomic E-state index is 11.1. The van der Waals surface area contributed by atoms with E-state index in [0.29, 0.717) is 26.2 Å². The van der Waals surface area contributed by atoms with Crippen molar-refractivity contribution in [1.29, 1.82) is 0 Å². The molecule has 1 saturated heterocycles. The third-order valence-electron chi connectivity index (χ3n) is 2.39. The number of allylic oxidation sites excluding steroid dienone is 1. The zero-order chi connectivity index (χ0) is 12.0. The van der Waals surface area contributed by atoms with E-state index in [1.165, 1.54) is 6.08 Å². The van der Waals surface area contributed by atoms with Crippen LogP contribution >= 0.6 is 0 Å². The van der Waals surface area contributed by atoms with Crippen molar-refractivity contribution in [3.63, 3.8) is 0 Å². The van der Waals surface area contributed by atoms with Crippen LogP contribution in [0.15, 0.2) is 12.2 Å². The third kappa shape index (κ3) is 4.76. The Hall–Kier alpha value is -0.880. The number of esters is 1. The van der Waals surface area contributed by atoms with Crippen LogP contribution in [0.2, 0.25) is 0 Å². The quantitative estimate of drug-likeness (QED) is 0.510. The van der Waals surface area contributed by atoms with Crippen LogP contribution in [-0.2, 0) is 19.4 Å². The second-order valence-electron chi connectivity index (χ2n) is 3.66. The van der Waals surface area contributed by atoms with E-state index in [1.807, 2.05) is 4.90 Å². The molecule has 5 nitrogen and oxygen atoms in total. The van der Waals surface area contributed by atoms with E-state index in [4.69, 9.17) is 4.74 Å². The summed E-state index contributed by atoms with van der Waals surface area (Å²) < 4.78 is 27.2. The molecule has 16 heavy (non-hydrogen) atoms. The average Bonchev–Trinajstić information content (AvgIpc) is 2.21. The molecule has 0 bridgehead atoms. The Balaban J connectivity index is 2.18. The molecular weight excluding hydrogens is 230 g/mol. The van der Waals surface area contributed by atoms with E-state index in [0.717, 1.165) is 0 Å². The van der Waals surface area contributed by atoms with Crippen molar-refractivity contribution in [3.8, 4) is 0 Å². The molecule has 0 saturated carbocycles. The average molecular weight is 247 g/mol. The van der Waals surface area contributed by atoms with Crippen LogP contribution in [-0.4, -0.2) is 57.0 Å². The lowest BCUT2D eigenvalue weighted by Crippen LogP contribution is -2.41. The second-order valence-corrected chi connectivity index (χ2v) is 5.96. The molecule has 1 heterocycles. The first-order chi connectivity index (χ1) is 7.53. The van der Waals surface area contributed by atoms with Crippen molar-refractivity contribution >= 4 is 15.8 Å². The first-order valence-corrected chi connectivity index (χ1v) is 7.08. The number of hydrogen-bond donors (Lipinski definition) is 0. The molecule has 1 rings (SSSR count). The van der Waals surface area contributed by atoms with E-state index in [1.54, 1.807) is 13.0 Å². The van der Waals surface area contributed by atoms with E-state index in [9.17, 15) is 13.2 Å². The minimum Gasteiger partial charge on any atom is -0.461 e. The van der Waals surface area contributed by atoms with Gasteiger partial charge in [0.25, 0.3) is 0 Å². The van der Waals surface area contributed by atoms with Gasteiger partial charge in [0.2, 0.25) is 0 Å². The largest absolute Gasteiger partial charge is 0.461 e. The van der Waals surface area contributed by atoms with Crippen LogP contribution in [0.25, 0.3) is 0 Å². The number of carbonyl (C=O) groups is 1. The van der Waals surface area contributed by atoms with Gasteiger partial charge in [0.05, 0.1) is 11.5 Å². The molecule has 6 heteroatoms. The SMILES string of the molecule is C/C=C/C(=O)OCCN1CCS(=O)(=O)CC1. The molecule has 0 atom stereocenters. The van der Waals surface area contributed by atoms with Gasteiger partial charge in [-0.15, -0.1) is 0 Å². The summed E-state index contributed by atoms with van der Waals surface area (Å²) in [6.45, 7) is 3.71. The molecule has 0 aromatic carbocycles. The molecular formula is C10H17NO4S. The fourth-order valence-electron chi connectivity index (χ4n) is 1.43. The zero-order valence-corrected chi connectivity index (χ0v) is 10.2. The highest BCUT2D eigenvalue weighted by Crippen LogP contribution is 2.02. The van der Waals surface area contributed by atoms with Crippen molar-refractivity contribution in [2.45, 2.75) is 6.92 Å². The van der Waals surface area contributed by atoms with Gasteiger partial charge in [-0.05, 0) is 6.92 Å². The summed E-state index contributed by atoms with van der Waals surface area (Å²) in [5.74, 6) is 0.0538. The third-order valence-corrected chi connectivity index (χ3v) is 4.00. The molecule has 92 valence electrons. The summed E-state index contributed by atoms with van der Waals surface area (Å²) in [4.78, 5) is 13.0. The maximum atomic E-state index is 11.1. The summed E-state index contributed by atoms with van der Waals surface area (Å²) in [5, 5.41) is 0. The van der Waals surface area contributed by atoms with Gasteiger partial charge >= 0.3 is 5.97 Å². The number of sulfone groups is 1. The van der Waals surface area contributed by atoms with E-state index in [2.05, 4.69) is 0 Å². The number of rotatable bonds is 4. The monoisotopic (exact) mass is 247 g/mol. The predicted molar refractivity (Wildman–Crippen MR) is 60.9 cm³/mol. The Bertz CT molecular complexity index is 347. The Kier molecular flexibility index (Phi) is 4.95. The van der Waals surface area contributed by atoms with Gasteiger partial charge in [-0.25, -0.2) is 13.2 Å². The van der Waals surface area contributed by atoms with Gasteiger partial charge in [0.15, 0.2) is 9.84 Å². The highest BCUT2D eigenvalue weighted by molar-refractivity contribution is 7.91. The summed E-state index contributed by atoms with van der Waals surface area (Å²) in [6.07, 6.45) is 2.98. The van der Waals surface area contributed by atoms with Gasteiger partial charge in [-0.3, -0.25) is 4.90 Å². The highest BCUT2D eigenvalue weighted by atomic mass is 32.2. The highest BCUT2D eigenvalue weighted by Gasteiger charge is 2.21. The number of ether oxygens (including phenoxy) is 1. The first kappa shape index (κ1) is 13.2. The second kappa shape index (κ2) is 6.00. The maximum Gasteiger partial charge on any atom is 0.330 e. The molecule has 1 aliphatic heterocycles. The number of carbonyl (C=O) groups excluding carboxylic acids is 1. The molecule has 1 fully saturated rings. The molecule has 0 aromatic rings. The molecule has 0 aromatic heterocycles. The van der Waals surface area contributed by atoms with Crippen LogP contribution < -0.4 is 0 Å². The van der Waals surface area contributed by atoms with Gasteiger partial charge in [0.1, 0.15) is 6.61 Å². The van der Waals surface area contributed by atoms with Gasteiger partial charge in [-0.2, -0.15) is 0 Å². The molecule has 0 N–H and O–H groups in total. The van der Waals surface area contributed by atoms with E-state index < -0.39 is 9.84 Å². The van der Waals surface area contributed by atoms with E-state index in [-0.39, 0.29) is 17.5 Å². The lowest BCUT2D eigenvalue weighted by atomic mass is 10.5. The lowest BCUT2D eigenvalue weighted by Gasteiger charge is -2.25. The summed E-state index contributed by atoms with van der Waals surface area (Å²) in [6, 6.07) is 0. The topological polar surface area (TPSA) is 63.7 Å². The minimum absolute atomic E-state index is 0.204. The van der Waals surface area contributed by atoms with Gasteiger partial charge in [0, 0.05) is 25.7 Å². The number of hydrogen-bond acceptors (Lipinski definition) is 5. The fraction of sp³-hybridized carbons (Fsp3) is 0.700. The van der Waals surface area contributed by atoms with Crippen molar-refractivity contribution in [3.05, 3.63) is 12.2 Å². The first-order valence-electron chi connectivity index (χ1n) is 5.26. The van der Waals surface area contributed by atoms with Crippen molar-refractivity contribution in [2.24, 2.45) is 0 Å². The smallest absolute Gasteiger partial charge is 0.330 e. The summed E-state index contributed by atoms with van der Waals surface area (Å²) in [7, 11) is -2.83. The van der Waals surface area contributed by atoms with Crippen molar-refractivity contribution in [2.75, 3.05) is 37.7 Å². The molecule has 0 spiro atoms. The molecule has 0 unspecified atom stereocenters. The van der Waals surface area contributed by atoms with Gasteiger partial charge in [-0.1, -0.05) is 6.08 Å². The standard InChI is InChI=1S/C10H17NO4S/c1-2-3-10(12)15-7-4-11-5-8-16(13,14)9-6-11/h2-3H,4-9H2,1H3/b3-2+.